The zero-order valence-electron chi connectivity index (χ0n) is 10.6. The Balaban J connectivity index is 1.78. The van der Waals surface area contributed by atoms with E-state index in [4.69, 9.17) is 0 Å². The van der Waals surface area contributed by atoms with Crippen molar-refractivity contribution in [1.82, 2.24) is 9.97 Å². The SMILES string of the molecule is Fc1ccc(-c2nc3c([nH]2)C2C=CC=CC2N=C3)cc1. The van der Waals surface area contributed by atoms with E-state index in [0.717, 1.165) is 22.8 Å². The fourth-order valence-electron chi connectivity index (χ4n) is 2.66. The maximum absolute atomic E-state index is 13.0. The maximum atomic E-state index is 13.0. The van der Waals surface area contributed by atoms with Gasteiger partial charge in [-0.15, -0.1) is 0 Å². The average molecular weight is 265 g/mol. The highest BCUT2D eigenvalue weighted by atomic mass is 19.1. The maximum Gasteiger partial charge on any atom is 0.138 e. The Morgan fingerprint density at radius 2 is 1.85 bits per heavy atom. The minimum absolute atomic E-state index is 0.147. The van der Waals surface area contributed by atoms with Crippen LogP contribution in [-0.2, 0) is 0 Å². The van der Waals surface area contributed by atoms with Gasteiger partial charge in [-0.25, -0.2) is 9.37 Å². The van der Waals surface area contributed by atoms with Crippen molar-refractivity contribution in [2.24, 2.45) is 4.99 Å². The smallest absolute Gasteiger partial charge is 0.138 e. The molecule has 4 rings (SSSR count). The number of allylic oxidation sites excluding steroid dienone is 2. The number of hydrogen-bond donors (Lipinski definition) is 1. The normalized spacial score (nSPS) is 22.6. The van der Waals surface area contributed by atoms with E-state index in [-0.39, 0.29) is 17.8 Å². The number of fused-ring (bicyclic) bond motifs is 3. The van der Waals surface area contributed by atoms with E-state index in [9.17, 15) is 4.39 Å². The number of nitrogens with zero attached hydrogens (tertiary/aromatic N) is 2. The van der Waals surface area contributed by atoms with Crippen molar-refractivity contribution >= 4 is 6.21 Å². The summed E-state index contributed by atoms with van der Waals surface area (Å²) < 4.78 is 13.0. The van der Waals surface area contributed by atoms with Gasteiger partial charge in [0.25, 0.3) is 0 Å². The predicted molar refractivity (Wildman–Crippen MR) is 76.4 cm³/mol. The number of halogens is 1. The Morgan fingerprint density at radius 3 is 2.70 bits per heavy atom. The number of hydrogen-bond acceptors (Lipinski definition) is 2. The van der Waals surface area contributed by atoms with Crippen LogP contribution in [0.4, 0.5) is 4.39 Å². The lowest BCUT2D eigenvalue weighted by atomic mass is 9.90. The first-order valence-electron chi connectivity index (χ1n) is 6.55. The Bertz CT molecular complexity index is 738. The summed E-state index contributed by atoms with van der Waals surface area (Å²) >= 11 is 0. The first-order valence-corrected chi connectivity index (χ1v) is 6.55. The summed E-state index contributed by atoms with van der Waals surface area (Å²) in [5.41, 5.74) is 2.82. The fourth-order valence-corrected chi connectivity index (χ4v) is 2.66. The summed E-state index contributed by atoms with van der Waals surface area (Å²) in [5.74, 6) is 0.721. The molecule has 2 atom stereocenters. The molecule has 2 aliphatic rings. The van der Waals surface area contributed by atoms with E-state index < -0.39 is 0 Å². The van der Waals surface area contributed by atoms with E-state index in [0.29, 0.717) is 0 Å². The van der Waals surface area contributed by atoms with Crippen LogP contribution in [0.25, 0.3) is 11.4 Å². The highest BCUT2D eigenvalue weighted by molar-refractivity contribution is 5.82. The molecule has 98 valence electrons. The Labute approximate surface area is 115 Å². The van der Waals surface area contributed by atoms with Gasteiger partial charge in [0.2, 0.25) is 0 Å². The number of benzene rings is 1. The molecule has 20 heavy (non-hydrogen) atoms. The van der Waals surface area contributed by atoms with Crippen LogP contribution in [0.1, 0.15) is 17.3 Å². The topological polar surface area (TPSA) is 41.0 Å². The van der Waals surface area contributed by atoms with Crippen LogP contribution in [0.3, 0.4) is 0 Å². The molecule has 0 bridgehead atoms. The third kappa shape index (κ3) is 1.72. The van der Waals surface area contributed by atoms with Crippen LogP contribution in [0.2, 0.25) is 0 Å². The van der Waals surface area contributed by atoms with Crippen molar-refractivity contribution in [3.8, 4) is 11.4 Å². The van der Waals surface area contributed by atoms with Crippen LogP contribution in [-0.4, -0.2) is 22.2 Å². The van der Waals surface area contributed by atoms with Gasteiger partial charge in [-0.05, 0) is 24.3 Å². The van der Waals surface area contributed by atoms with E-state index in [1.54, 1.807) is 12.1 Å². The van der Waals surface area contributed by atoms with Gasteiger partial charge in [0, 0.05) is 17.7 Å². The van der Waals surface area contributed by atoms with Crippen LogP contribution < -0.4 is 0 Å². The Morgan fingerprint density at radius 1 is 1.05 bits per heavy atom. The number of nitrogens with one attached hydrogen (secondary N) is 1. The van der Waals surface area contributed by atoms with E-state index in [2.05, 4.69) is 27.1 Å². The van der Waals surface area contributed by atoms with E-state index in [1.807, 2.05) is 18.4 Å². The molecule has 0 spiro atoms. The number of aromatic nitrogens is 2. The molecule has 1 aromatic carbocycles. The van der Waals surface area contributed by atoms with Gasteiger partial charge >= 0.3 is 0 Å². The molecule has 0 saturated heterocycles. The molecule has 1 N–H and O–H groups in total. The van der Waals surface area contributed by atoms with Crippen molar-refractivity contribution in [2.45, 2.75) is 12.0 Å². The van der Waals surface area contributed by atoms with Crippen molar-refractivity contribution < 1.29 is 4.39 Å². The number of rotatable bonds is 1. The van der Waals surface area contributed by atoms with Crippen molar-refractivity contribution in [3.05, 3.63) is 65.8 Å². The molecule has 3 nitrogen and oxygen atoms in total. The second kappa shape index (κ2) is 4.27. The quantitative estimate of drug-likeness (QED) is 0.845. The summed E-state index contributed by atoms with van der Waals surface area (Å²) in [4.78, 5) is 12.4. The lowest BCUT2D eigenvalue weighted by Crippen LogP contribution is -2.20. The molecule has 1 aliphatic carbocycles. The van der Waals surface area contributed by atoms with Gasteiger partial charge in [-0.1, -0.05) is 24.3 Å². The molecule has 2 unspecified atom stereocenters. The molecule has 0 fully saturated rings. The van der Waals surface area contributed by atoms with Gasteiger partial charge in [0.1, 0.15) is 17.3 Å². The van der Waals surface area contributed by atoms with Crippen LogP contribution >= 0.6 is 0 Å². The highest BCUT2D eigenvalue weighted by Gasteiger charge is 2.28. The highest BCUT2D eigenvalue weighted by Crippen LogP contribution is 2.32. The monoisotopic (exact) mass is 265 g/mol. The minimum atomic E-state index is -0.243. The first kappa shape index (κ1) is 11.3. The molecule has 1 aromatic heterocycles. The minimum Gasteiger partial charge on any atom is -0.341 e. The van der Waals surface area contributed by atoms with Gasteiger partial charge in [-0.3, -0.25) is 4.99 Å². The van der Waals surface area contributed by atoms with Crippen LogP contribution in [0, 0.1) is 5.82 Å². The average Bonchev–Trinajstić information content (AvgIpc) is 2.92. The van der Waals surface area contributed by atoms with Gasteiger partial charge in [0.05, 0.1) is 11.7 Å². The standard InChI is InChI=1S/C16H12FN3/c17-11-7-5-10(6-8-11)16-19-14-9-18-13-4-2-1-3-12(13)15(14)20-16/h1-9,12-13H,(H,19,20). The number of H-pyrrole nitrogens is 1. The molecule has 0 radical (unpaired) electrons. The summed E-state index contributed by atoms with van der Waals surface area (Å²) in [6, 6.07) is 6.48. The summed E-state index contributed by atoms with van der Waals surface area (Å²) in [5, 5.41) is 0. The fraction of sp³-hybridized carbons (Fsp3) is 0.125. The third-order valence-corrected chi connectivity index (χ3v) is 3.69. The Hall–Kier alpha value is -2.49. The van der Waals surface area contributed by atoms with Crippen molar-refractivity contribution in [3.63, 3.8) is 0 Å². The van der Waals surface area contributed by atoms with Gasteiger partial charge < -0.3 is 4.98 Å². The Kier molecular flexibility index (Phi) is 2.42. The molecule has 4 heteroatoms. The van der Waals surface area contributed by atoms with Crippen molar-refractivity contribution in [2.75, 3.05) is 0 Å². The van der Waals surface area contributed by atoms with Gasteiger partial charge in [0.15, 0.2) is 0 Å². The molecule has 0 saturated carbocycles. The zero-order valence-corrected chi connectivity index (χ0v) is 10.6. The lowest BCUT2D eigenvalue weighted by Gasteiger charge is -2.23. The van der Waals surface area contributed by atoms with Gasteiger partial charge in [-0.2, -0.15) is 0 Å². The van der Waals surface area contributed by atoms with Crippen LogP contribution in [0.15, 0.2) is 53.6 Å². The predicted octanol–water partition coefficient (Wildman–Crippen LogP) is 3.23. The first-order chi connectivity index (χ1) is 9.81. The molecular weight excluding hydrogens is 253 g/mol. The number of imidazole rings is 1. The summed E-state index contributed by atoms with van der Waals surface area (Å²) in [6.07, 6.45) is 10.1. The number of aromatic amines is 1. The van der Waals surface area contributed by atoms with E-state index >= 15 is 0 Å². The second-order valence-corrected chi connectivity index (χ2v) is 4.96. The lowest BCUT2D eigenvalue weighted by molar-refractivity contribution is 0.628. The molecule has 0 amide bonds. The van der Waals surface area contributed by atoms with Crippen LogP contribution in [0.5, 0.6) is 0 Å². The largest absolute Gasteiger partial charge is 0.341 e. The van der Waals surface area contributed by atoms with E-state index in [1.165, 1.54) is 12.1 Å². The van der Waals surface area contributed by atoms with Crippen molar-refractivity contribution in [1.29, 1.82) is 0 Å². The summed E-state index contributed by atoms with van der Waals surface area (Å²) in [7, 11) is 0. The number of aliphatic imine (C=N–C) groups is 1. The second-order valence-electron chi connectivity index (χ2n) is 4.96. The zero-order chi connectivity index (χ0) is 13.5. The summed E-state index contributed by atoms with van der Waals surface area (Å²) in [6.45, 7) is 0. The molecular formula is C16H12FN3. The molecule has 2 heterocycles. The molecule has 2 aromatic rings. The third-order valence-electron chi connectivity index (χ3n) is 3.69. The molecule has 1 aliphatic heterocycles.